The van der Waals surface area contributed by atoms with Crippen LogP contribution in [-0.4, -0.2) is 23.5 Å². The Labute approximate surface area is 106 Å². The average molecular weight is 247 g/mol. The van der Waals surface area contributed by atoms with Crippen LogP contribution in [0, 0.1) is 11.3 Å². The van der Waals surface area contributed by atoms with Crippen LogP contribution < -0.4 is 16.4 Å². The lowest BCUT2D eigenvalue weighted by Gasteiger charge is -2.10. The smallest absolute Gasteiger partial charge is 0.221 e. The molecule has 0 saturated carbocycles. The number of nitrogens with zero attached hydrogens (tertiary/aromatic N) is 2. The van der Waals surface area contributed by atoms with E-state index in [9.17, 15) is 4.79 Å². The topological polar surface area (TPSA) is 104 Å². The number of aromatic nitrogens is 1. The quantitative estimate of drug-likeness (QED) is 0.716. The van der Waals surface area contributed by atoms with Gasteiger partial charge in [-0.25, -0.2) is 4.98 Å². The minimum absolute atomic E-state index is 0.0234. The van der Waals surface area contributed by atoms with Gasteiger partial charge in [0.2, 0.25) is 5.91 Å². The van der Waals surface area contributed by atoms with Crippen molar-refractivity contribution < 1.29 is 4.79 Å². The molecule has 1 aromatic rings. The van der Waals surface area contributed by atoms with Crippen molar-refractivity contribution in [3.63, 3.8) is 0 Å². The number of nitrogen functional groups attached to an aromatic ring is 1. The van der Waals surface area contributed by atoms with Gasteiger partial charge >= 0.3 is 0 Å². The number of nitrogens with two attached hydrogens (primary N) is 1. The zero-order chi connectivity index (χ0) is 13.5. The Morgan fingerprint density at radius 2 is 2.33 bits per heavy atom. The lowest BCUT2D eigenvalue weighted by Crippen LogP contribution is -2.31. The fourth-order valence-electron chi connectivity index (χ4n) is 1.38. The van der Waals surface area contributed by atoms with Crippen molar-refractivity contribution in [1.82, 2.24) is 10.3 Å². The molecule has 1 heterocycles. The molecule has 0 radical (unpaired) electrons. The van der Waals surface area contributed by atoms with Crippen molar-refractivity contribution >= 4 is 17.4 Å². The van der Waals surface area contributed by atoms with E-state index >= 15 is 0 Å². The van der Waals surface area contributed by atoms with Crippen LogP contribution in [0.15, 0.2) is 12.3 Å². The van der Waals surface area contributed by atoms with Gasteiger partial charge in [-0.3, -0.25) is 4.79 Å². The summed E-state index contributed by atoms with van der Waals surface area (Å²) in [5.41, 5.74) is 6.53. The summed E-state index contributed by atoms with van der Waals surface area (Å²) < 4.78 is 0. The Morgan fingerprint density at radius 3 is 2.89 bits per heavy atom. The first kappa shape index (κ1) is 13.8. The monoisotopic (exact) mass is 247 g/mol. The van der Waals surface area contributed by atoms with Gasteiger partial charge in [0.15, 0.2) is 0 Å². The van der Waals surface area contributed by atoms with Gasteiger partial charge in [0, 0.05) is 25.2 Å². The summed E-state index contributed by atoms with van der Waals surface area (Å²) in [6.45, 7) is 4.26. The summed E-state index contributed by atoms with van der Waals surface area (Å²) in [6, 6.07) is 3.64. The number of pyridine rings is 1. The molecule has 1 aromatic heterocycles. The third-order valence-corrected chi connectivity index (χ3v) is 2.14. The normalized spacial score (nSPS) is 9.89. The Morgan fingerprint density at radius 1 is 1.61 bits per heavy atom. The van der Waals surface area contributed by atoms with Gasteiger partial charge in [0.25, 0.3) is 0 Å². The van der Waals surface area contributed by atoms with Crippen molar-refractivity contribution in [3.8, 4) is 6.07 Å². The highest BCUT2D eigenvalue weighted by Crippen LogP contribution is 2.15. The van der Waals surface area contributed by atoms with Gasteiger partial charge in [0.05, 0.1) is 11.3 Å². The summed E-state index contributed by atoms with van der Waals surface area (Å²) in [7, 11) is 0. The highest BCUT2D eigenvalue weighted by atomic mass is 16.1. The first-order chi connectivity index (χ1) is 8.52. The molecular weight excluding hydrogens is 230 g/mol. The molecule has 0 atom stereocenters. The van der Waals surface area contributed by atoms with Gasteiger partial charge in [0.1, 0.15) is 11.9 Å². The first-order valence-corrected chi connectivity index (χ1v) is 5.71. The standard InChI is InChI=1S/C12H17N5O/c1-8(2)17-11(18)3-4-15-12-10(14)5-9(6-13)7-16-12/h5,7-8H,3-4,14H2,1-2H3,(H,15,16)(H,17,18). The molecule has 96 valence electrons. The van der Waals surface area contributed by atoms with Crippen molar-refractivity contribution in [3.05, 3.63) is 17.8 Å². The van der Waals surface area contributed by atoms with Gasteiger partial charge in [-0.2, -0.15) is 5.26 Å². The second kappa shape index (κ2) is 6.45. The number of carbonyl (C=O) groups excluding carboxylic acids is 1. The van der Waals surface area contributed by atoms with Gasteiger partial charge in [-0.1, -0.05) is 0 Å². The van der Waals surface area contributed by atoms with E-state index in [2.05, 4.69) is 15.6 Å². The molecule has 0 aromatic carbocycles. The molecule has 0 spiro atoms. The SMILES string of the molecule is CC(C)NC(=O)CCNc1ncc(C#N)cc1N. The minimum atomic E-state index is -0.0234. The van der Waals surface area contributed by atoms with Gasteiger partial charge < -0.3 is 16.4 Å². The molecule has 0 aliphatic heterocycles. The summed E-state index contributed by atoms with van der Waals surface area (Å²) in [6.07, 6.45) is 1.78. The lowest BCUT2D eigenvalue weighted by molar-refractivity contribution is -0.121. The molecule has 4 N–H and O–H groups in total. The van der Waals surface area contributed by atoms with Gasteiger partial charge in [-0.15, -0.1) is 0 Å². The minimum Gasteiger partial charge on any atom is -0.396 e. The zero-order valence-corrected chi connectivity index (χ0v) is 10.5. The third kappa shape index (κ3) is 4.29. The maximum absolute atomic E-state index is 11.4. The van der Waals surface area contributed by atoms with Crippen LogP contribution in [0.25, 0.3) is 0 Å². The van der Waals surface area contributed by atoms with E-state index in [-0.39, 0.29) is 11.9 Å². The van der Waals surface area contributed by atoms with Crippen LogP contribution in [0.4, 0.5) is 11.5 Å². The van der Waals surface area contributed by atoms with Crippen molar-refractivity contribution in [1.29, 1.82) is 5.26 Å². The molecule has 18 heavy (non-hydrogen) atoms. The lowest BCUT2D eigenvalue weighted by atomic mass is 10.2. The Hall–Kier alpha value is -2.29. The highest BCUT2D eigenvalue weighted by molar-refractivity contribution is 5.76. The van der Waals surface area contributed by atoms with E-state index in [0.29, 0.717) is 30.0 Å². The Bertz CT molecular complexity index is 464. The second-order valence-electron chi connectivity index (χ2n) is 4.17. The van der Waals surface area contributed by atoms with Crippen LogP contribution in [0.2, 0.25) is 0 Å². The predicted molar refractivity (Wildman–Crippen MR) is 69.7 cm³/mol. The van der Waals surface area contributed by atoms with E-state index in [1.807, 2.05) is 19.9 Å². The number of anilines is 2. The van der Waals surface area contributed by atoms with Crippen molar-refractivity contribution in [2.24, 2.45) is 0 Å². The third-order valence-electron chi connectivity index (χ3n) is 2.14. The van der Waals surface area contributed by atoms with E-state index in [1.165, 1.54) is 6.20 Å². The molecule has 6 nitrogen and oxygen atoms in total. The van der Waals surface area contributed by atoms with Crippen LogP contribution in [0.1, 0.15) is 25.8 Å². The maximum Gasteiger partial charge on any atom is 0.221 e. The summed E-state index contributed by atoms with van der Waals surface area (Å²) >= 11 is 0. The molecular formula is C12H17N5O. The second-order valence-corrected chi connectivity index (χ2v) is 4.17. The van der Waals surface area contributed by atoms with Gasteiger partial charge in [-0.05, 0) is 19.9 Å². The summed E-state index contributed by atoms with van der Waals surface area (Å²) in [5, 5.41) is 14.4. The molecule has 1 rings (SSSR count). The summed E-state index contributed by atoms with van der Waals surface area (Å²) in [5.74, 6) is 0.469. The zero-order valence-electron chi connectivity index (χ0n) is 10.5. The molecule has 1 amide bonds. The maximum atomic E-state index is 11.4. The summed E-state index contributed by atoms with van der Waals surface area (Å²) in [4.78, 5) is 15.4. The molecule has 0 unspecified atom stereocenters. The van der Waals surface area contributed by atoms with E-state index in [0.717, 1.165) is 0 Å². The predicted octanol–water partition coefficient (Wildman–Crippen LogP) is 0.862. The van der Waals surface area contributed by atoms with Crippen LogP contribution in [-0.2, 0) is 4.79 Å². The largest absolute Gasteiger partial charge is 0.396 e. The Kier molecular flexibility index (Phi) is 4.93. The number of hydrogen-bond donors (Lipinski definition) is 3. The fraction of sp³-hybridized carbons (Fsp3) is 0.417. The highest BCUT2D eigenvalue weighted by Gasteiger charge is 2.05. The number of nitriles is 1. The molecule has 0 aliphatic rings. The number of carbonyl (C=O) groups is 1. The first-order valence-electron chi connectivity index (χ1n) is 5.71. The van der Waals surface area contributed by atoms with Crippen LogP contribution >= 0.6 is 0 Å². The van der Waals surface area contributed by atoms with E-state index in [4.69, 9.17) is 11.0 Å². The molecule has 0 fully saturated rings. The number of rotatable bonds is 5. The number of hydrogen-bond acceptors (Lipinski definition) is 5. The van der Waals surface area contributed by atoms with Crippen LogP contribution in [0.5, 0.6) is 0 Å². The molecule has 6 heteroatoms. The fourth-order valence-corrected chi connectivity index (χ4v) is 1.38. The molecule has 0 aliphatic carbocycles. The molecule has 0 bridgehead atoms. The van der Waals surface area contributed by atoms with E-state index < -0.39 is 0 Å². The van der Waals surface area contributed by atoms with Crippen molar-refractivity contribution in [2.75, 3.05) is 17.6 Å². The van der Waals surface area contributed by atoms with E-state index in [1.54, 1.807) is 6.07 Å². The Balaban J connectivity index is 2.45. The van der Waals surface area contributed by atoms with Crippen LogP contribution in [0.3, 0.4) is 0 Å². The molecule has 0 saturated heterocycles. The number of nitrogens with one attached hydrogen (secondary N) is 2. The van der Waals surface area contributed by atoms with Crippen molar-refractivity contribution in [2.45, 2.75) is 26.3 Å². The number of amides is 1. The average Bonchev–Trinajstić information content (AvgIpc) is 2.30.